The lowest BCUT2D eigenvalue weighted by molar-refractivity contribution is 0.0629. The minimum Gasteiger partial charge on any atom is -0.484 e. The van der Waals surface area contributed by atoms with Gasteiger partial charge in [0.1, 0.15) is 5.60 Å². The second-order valence-corrected chi connectivity index (χ2v) is 6.45. The topological polar surface area (TPSA) is 61.0 Å². The van der Waals surface area contributed by atoms with Crippen LogP contribution in [0.3, 0.4) is 0 Å². The van der Waals surface area contributed by atoms with Crippen LogP contribution in [-0.4, -0.2) is 15.6 Å². The minimum atomic E-state index is -0.124. The number of nitrogen functional groups attached to an aromatic ring is 1. The highest BCUT2D eigenvalue weighted by Crippen LogP contribution is 2.28. The third-order valence-corrected chi connectivity index (χ3v) is 4.13. The fourth-order valence-corrected chi connectivity index (χ4v) is 2.74. The lowest BCUT2D eigenvalue weighted by Crippen LogP contribution is -2.32. The van der Waals surface area contributed by atoms with Gasteiger partial charge < -0.3 is 10.5 Å². The number of aromatic nitrogens is 2. The first-order chi connectivity index (χ1) is 10.6. The van der Waals surface area contributed by atoms with Crippen LogP contribution in [0, 0.1) is 0 Å². The summed E-state index contributed by atoms with van der Waals surface area (Å²) in [5.74, 6) is 1.02. The Morgan fingerprint density at radius 2 is 1.41 bits per heavy atom. The van der Waals surface area contributed by atoms with Gasteiger partial charge in [-0.3, -0.25) is 0 Å². The number of nitrogens with two attached hydrogens (primary N) is 1. The summed E-state index contributed by atoms with van der Waals surface area (Å²) in [6.45, 7) is 6.71. The van der Waals surface area contributed by atoms with Gasteiger partial charge in [-0.1, -0.05) is 52.4 Å². The Morgan fingerprint density at radius 1 is 0.909 bits per heavy atom. The fraction of sp³-hybridized carbons (Fsp3) is 0.778. The van der Waals surface area contributed by atoms with Crippen molar-refractivity contribution in [1.29, 1.82) is 0 Å². The van der Waals surface area contributed by atoms with E-state index in [9.17, 15) is 0 Å². The predicted molar refractivity (Wildman–Crippen MR) is 93.0 cm³/mol. The number of ether oxygens (including phenoxy) is 1. The maximum Gasteiger partial charge on any atom is 0.220 e. The van der Waals surface area contributed by atoms with E-state index < -0.39 is 0 Å². The van der Waals surface area contributed by atoms with Gasteiger partial charge in [0.25, 0.3) is 0 Å². The van der Waals surface area contributed by atoms with Gasteiger partial charge in [-0.05, 0) is 32.6 Å². The molecule has 0 bridgehead atoms. The molecule has 0 atom stereocenters. The largest absolute Gasteiger partial charge is 0.484 e. The molecule has 1 rings (SSSR count). The molecular formula is C18H33N3O. The molecule has 126 valence electrons. The van der Waals surface area contributed by atoms with Crippen molar-refractivity contribution in [2.24, 2.45) is 0 Å². The van der Waals surface area contributed by atoms with Crippen LogP contribution in [0.25, 0.3) is 0 Å². The minimum absolute atomic E-state index is 0.124. The van der Waals surface area contributed by atoms with E-state index in [2.05, 4.69) is 30.7 Å². The van der Waals surface area contributed by atoms with Crippen molar-refractivity contribution in [3.05, 3.63) is 12.4 Å². The van der Waals surface area contributed by atoms with Crippen molar-refractivity contribution in [2.45, 2.75) is 90.6 Å². The summed E-state index contributed by atoms with van der Waals surface area (Å²) in [6.07, 6.45) is 15.7. The molecule has 0 spiro atoms. The summed E-state index contributed by atoms with van der Waals surface area (Å²) >= 11 is 0. The summed E-state index contributed by atoms with van der Waals surface area (Å²) in [7, 11) is 0. The molecule has 0 saturated heterocycles. The van der Waals surface area contributed by atoms with Gasteiger partial charge in [0.15, 0.2) is 5.75 Å². The zero-order valence-corrected chi connectivity index (χ0v) is 14.6. The quantitative estimate of drug-likeness (QED) is 0.543. The number of hydrogen-bond donors (Lipinski definition) is 1. The standard InChI is InChI=1S/C18H33N3O/c1-4-6-8-10-12-18(3,13-11-9-7-5-2)22-16-14-20-17(19)21-15-16/h14-15H,4-13H2,1-3H3,(H2,19,20,21). The Hall–Kier alpha value is -1.32. The normalized spacial score (nSPS) is 11.6. The van der Waals surface area contributed by atoms with Gasteiger partial charge >= 0.3 is 0 Å². The van der Waals surface area contributed by atoms with Gasteiger partial charge in [0, 0.05) is 0 Å². The molecule has 1 aromatic heterocycles. The van der Waals surface area contributed by atoms with Gasteiger partial charge in [-0.2, -0.15) is 0 Å². The zero-order valence-electron chi connectivity index (χ0n) is 14.6. The molecule has 22 heavy (non-hydrogen) atoms. The van der Waals surface area contributed by atoms with E-state index in [0.29, 0.717) is 5.95 Å². The van der Waals surface area contributed by atoms with E-state index in [0.717, 1.165) is 18.6 Å². The third-order valence-electron chi connectivity index (χ3n) is 4.13. The van der Waals surface area contributed by atoms with Gasteiger partial charge in [0.05, 0.1) is 12.4 Å². The van der Waals surface area contributed by atoms with E-state index in [1.807, 2.05) is 0 Å². The fourth-order valence-electron chi connectivity index (χ4n) is 2.74. The molecular weight excluding hydrogens is 274 g/mol. The van der Waals surface area contributed by atoms with Crippen molar-refractivity contribution < 1.29 is 4.74 Å². The number of hydrogen-bond acceptors (Lipinski definition) is 4. The SMILES string of the molecule is CCCCCCC(C)(CCCCCC)Oc1cnc(N)nc1. The Kier molecular flexibility index (Phi) is 8.86. The lowest BCUT2D eigenvalue weighted by atomic mass is 9.91. The highest BCUT2D eigenvalue weighted by atomic mass is 16.5. The van der Waals surface area contributed by atoms with Crippen LogP contribution in [-0.2, 0) is 0 Å². The first-order valence-electron chi connectivity index (χ1n) is 8.86. The van der Waals surface area contributed by atoms with Crippen LogP contribution in [0.5, 0.6) is 5.75 Å². The molecule has 0 amide bonds. The number of rotatable bonds is 12. The molecule has 0 aliphatic heterocycles. The summed E-state index contributed by atoms with van der Waals surface area (Å²) in [6, 6.07) is 0. The second kappa shape index (κ2) is 10.4. The van der Waals surface area contributed by atoms with Crippen LogP contribution in [0.4, 0.5) is 5.95 Å². The summed E-state index contributed by atoms with van der Waals surface area (Å²) in [5.41, 5.74) is 5.42. The number of nitrogens with zero attached hydrogens (tertiary/aromatic N) is 2. The van der Waals surface area contributed by atoms with E-state index in [1.54, 1.807) is 12.4 Å². The molecule has 2 N–H and O–H groups in total. The van der Waals surface area contributed by atoms with Gasteiger partial charge in [-0.25, -0.2) is 9.97 Å². The summed E-state index contributed by atoms with van der Waals surface area (Å²) in [4.78, 5) is 8.05. The molecule has 0 aromatic carbocycles. The molecule has 0 unspecified atom stereocenters. The molecule has 0 saturated carbocycles. The average molecular weight is 307 g/mol. The second-order valence-electron chi connectivity index (χ2n) is 6.45. The Balaban J connectivity index is 2.56. The van der Waals surface area contributed by atoms with E-state index >= 15 is 0 Å². The highest BCUT2D eigenvalue weighted by molar-refractivity contribution is 5.21. The average Bonchev–Trinajstić information content (AvgIpc) is 2.51. The monoisotopic (exact) mass is 307 g/mol. The van der Waals surface area contributed by atoms with Crippen molar-refractivity contribution in [3.8, 4) is 5.75 Å². The summed E-state index contributed by atoms with van der Waals surface area (Å²) < 4.78 is 6.24. The number of anilines is 1. The van der Waals surface area contributed by atoms with Crippen molar-refractivity contribution in [3.63, 3.8) is 0 Å². The van der Waals surface area contributed by atoms with E-state index in [-0.39, 0.29) is 5.60 Å². The van der Waals surface area contributed by atoms with Crippen LogP contribution in [0.1, 0.15) is 85.0 Å². The van der Waals surface area contributed by atoms with Crippen LogP contribution >= 0.6 is 0 Å². The predicted octanol–water partition coefficient (Wildman–Crippen LogP) is 5.14. The molecule has 0 aliphatic carbocycles. The Bertz CT molecular complexity index is 380. The molecule has 0 fully saturated rings. The first kappa shape index (κ1) is 18.7. The van der Waals surface area contributed by atoms with Crippen LogP contribution in [0.2, 0.25) is 0 Å². The van der Waals surface area contributed by atoms with Gasteiger partial charge in [0.2, 0.25) is 5.95 Å². The highest BCUT2D eigenvalue weighted by Gasteiger charge is 2.25. The zero-order chi connectivity index (χ0) is 16.3. The first-order valence-corrected chi connectivity index (χ1v) is 8.86. The third kappa shape index (κ3) is 7.62. The molecule has 4 heteroatoms. The Morgan fingerprint density at radius 3 is 1.86 bits per heavy atom. The van der Waals surface area contributed by atoms with E-state index in [4.69, 9.17) is 10.5 Å². The maximum absolute atomic E-state index is 6.24. The van der Waals surface area contributed by atoms with Crippen LogP contribution in [0.15, 0.2) is 12.4 Å². The molecule has 1 heterocycles. The van der Waals surface area contributed by atoms with Crippen molar-refractivity contribution in [1.82, 2.24) is 9.97 Å². The number of unbranched alkanes of at least 4 members (excludes halogenated alkanes) is 6. The smallest absolute Gasteiger partial charge is 0.220 e. The summed E-state index contributed by atoms with van der Waals surface area (Å²) in [5, 5.41) is 0. The molecule has 4 nitrogen and oxygen atoms in total. The van der Waals surface area contributed by atoms with Crippen molar-refractivity contribution >= 4 is 5.95 Å². The van der Waals surface area contributed by atoms with Gasteiger partial charge in [-0.15, -0.1) is 0 Å². The molecule has 0 aliphatic rings. The molecule has 0 radical (unpaired) electrons. The van der Waals surface area contributed by atoms with Crippen LogP contribution < -0.4 is 10.5 Å². The molecule has 1 aromatic rings. The van der Waals surface area contributed by atoms with E-state index in [1.165, 1.54) is 51.4 Å². The van der Waals surface area contributed by atoms with Crippen molar-refractivity contribution in [2.75, 3.05) is 5.73 Å². The maximum atomic E-state index is 6.24. The lowest BCUT2D eigenvalue weighted by Gasteiger charge is -2.31. The Labute approximate surface area is 135 Å².